The van der Waals surface area contributed by atoms with Gasteiger partial charge in [-0.15, -0.1) is 0 Å². The summed E-state index contributed by atoms with van der Waals surface area (Å²) in [6.07, 6.45) is -0.977. The molecule has 4 rings (SSSR count). The zero-order valence-electron chi connectivity index (χ0n) is 21.2. The van der Waals surface area contributed by atoms with Crippen molar-refractivity contribution in [1.29, 1.82) is 0 Å². The normalized spacial score (nSPS) is 15.1. The molecule has 0 saturated heterocycles. The van der Waals surface area contributed by atoms with E-state index in [9.17, 15) is 13.2 Å². The van der Waals surface area contributed by atoms with E-state index >= 15 is 0 Å². The van der Waals surface area contributed by atoms with Crippen LogP contribution in [0.1, 0.15) is 30.5 Å². The molecule has 0 unspecified atom stereocenters. The Morgan fingerprint density at radius 2 is 1.61 bits per heavy atom. The summed E-state index contributed by atoms with van der Waals surface area (Å²) >= 11 is 0. The molecule has 0 radical (unpaired) electrons. The van der Waals surface area contributed by atoms with E-state index in [1.165, 1.54) is 4.31 Å². The predicted octanol–water partition coefficient (Wildman–Crippen LogP) is 4.42. The second-order valence-corrected chi connectivity index (χ2v) is 10.8. The van der Waals surface area contributed by atoms with Gasteiger partial charge in [0.1, 0.15) is 5.75 Å². The van der Waals surface area contributed by atoms with Crippen molar-refractivity contribution in [3.63, 3.8) is 0 Å². The van der Waals surface area contributed by atoms with Crippen molar-refractivity contribution in [1.82, 2.24) is 5.32 Å². The number of hydrogen-bond donors (Lipinski definition) is 1. The molecule has 0 aliphatic carbocycles. The molecule has 0 fully saturated rings. The Labute approximate surface area is 213 Å². The SMILES string of the molecule is CCN(CC)c1ccc(CNC(=O)[C@H]2CN(S(=O)(=O)c3ccc(C)cc3)c3ccc(C)cc3O2)cc1. The molecule has 0 aromatic heterocycles. The number of nitrogens with zero attached hydrogens (tertiary/aromatic N) is 2. The largest absolute Gasteiger partial charge is 0.476 e. The average Bonchev–Trinajstić information content (AvgIpc) is 2.88. The van der Waals surface area contributed by atoms with Gasteiger partial charge in [-0.1, -0.05) is 35.9 Å². The van der Waals surface area contributed by atoms with Crippen molar-refractivity contribution in [3.8, 4) is 5.75 Å². The van der Waals surface area contributed by atoms with Crippen LogP contribution in [0, 0.1) is 13.8 Å². The maximum absolute atomic E-state index is 13.6. The number of amides is 1. The van der Waals surface area contributed by atoms with E-state index < -0.39 is 16.1 Å². The van der Waals surface area contributed by atoms with Gasteiger partial charge < -0.3 is 15.0 Å². The second kappa shape index (κ2) is 10.6. The molecule has 7 nitrogen and oxygen atoms in total. The molecule has 1 aliphatic rings. The lowest BCUT2D eigenvalue weighted by Gasteiger charge is -2.35. The molecule has 1 atom stereocenters. The number of aryl methyl sites for hydroxylation is 2. The third-order valence-electron chi connectivity index (χ3n) is 6.42. The first-order valence-electron chi connectivity index (χ1n) is 12.2. The van der Waals surface area contributed by atoms with E-state index in [-0.39, 0.29) is 17.3 Å². The number of carbonyl (C=O) groups is 1. The number of nitrogens with one attached hydrogen (secondary N) is 1. The van der Waals surface area contributed by atoms with Gasteiger partial charge in [-0.2, -0.15) is 0 Å². The van der Waals surface area contributed by atoms with E-state index in [2.05, 4.69) is 24.1 Å². The average molecular weight is 508 g/mol. The Morgan fingerprint density at radius 3 is 2.25 bits per heavy atom. The number of sulfonamides is 1. The van der Waals surface area contributed by atoms with Gasteiger partial charge in [0.15, 0.2) is 6.10 Å². The van der Waals surface area contributed by atoms with Crippen LogP contribution in [0.15, 0.2) is 71.6 Å². The van der Waals surface area contributed by atoms with Crippen LogP contribution in [0.25, 0.3) is 0 Å². The van der Waals surface area contributed by atoms with Crippen LogP contribution < -0.4 is 19.3 Å². The number of hydrogen-bond acceptors (Lipinski definition) is 5. The van der Waals surface area contributed by atoms with Crippen molar-refractivity contribution in [3.05, 3.63) is 83.4 Å². The van der Waals surface area contributed by atoms with Gasteiger partial charge in [-0.3, -0.25) is 9.10 Å². The molecule has 1 N–H and O–H groups in total. The van der Waals surface area contributed by atoms with Gasteiger partial charge in [0.2, 0.25) is 0 Å². The fourth-order valence-corrected chi connectivity index (χ4v) is 5.76. The third-order valence-corrected chi connectivity index (χ3v) is 8.21. The van der Waals surface area contributed by atoms with Gasteiger partial charge in [-0.05, 0) is 75.2 Å². The molecule has 0 saturated carbocycles. The number of anilines is 2. The summed E-state index contributed by atoms with van der Waals surface area (Å²) < 4.78 is 34.4. The van der Waals surface area contributed by atoms with Crippen LogP contribution in [0.5, 0.6) is 5.75 Å². The Kier molecular flexibility index (Phi) is 7.54. The minimum absolute atomic E-state index is 0.112. The highest BCUT2D eigenvalue weighted by atomic mass is 32.2. The van der Waals surface area contributed by atoms with Crippen molar-refractivity contribution < 1.29 is 17.9 Å². The van der Waals surface area contributed by atoms with Crippen LogP contribution in [0.4, 0.5) is 11.4 Å². The topological polar surface area (TPSA) is 79.0 Å². The molecule has 1 heterocycles. The van der Waals surface area contributed by atoms with Gasteiger partial charge in [0.05, 0.1) is 17.1 Å². The Hall–Kier alpha value is -3.52. The number of benzene rings is 3. The quantitative estimate of drug-likeness (QED) is 0.488. The lowest BCUT2D eigenvalue weighted by atomic mass is 10.1. The van der Waals surface area contributed by atoms with Crippen LogP contribution in [-0.4, -0.2) is 40.1 Å². The molecule has 1 aliphatic heterocycles. The molecule has 36 heavy (non-hydrogen) atoms. The lowest BCUT2D eigenvalue weighted by Crippen LogP contribution is -2.50. The van der Waals surface area contributed by atoms with Gasteiger partial charge in [0.25, 0.3) is 15.9 Å². The number of rotatable bonds is 8. The molecule has 3 aromatic rings. The maximum Gasteiger partial charge on any atom is 0.264 e. The predicted molar refractivity (Wildman–Crippen MR) is 143 cm³/mol. The van der Waals surface area contributed by atoms with Crippen LogP contribution in [-0.2, 0) is 21.4 Å². The highest BCUT2D eigenvalue weighted by molar-refractivity contribution is 7.92. The summed E-state index contributed by atoms with van der Waals surface area (Å²) in [7, 11) is -3.89. The number of fused-ring (bicyclic) bond motifs is 1. The van der Waals surface area contributed by atoms with E-state index in [4.69, 9.17) is 4.74 Å². The zero-order valence-corrected chi connectivity index (χ0v) is 22.0. The highest BCUT2D eigenvalue weighted by Crippen LogP contribution is 2.37. The molecule has 1 amide bonds. The van der Waals surface area contributed by atoms with E-state index in [1.54, 1.807) is 36.4 Å². The Morgan fingerprint density at radius 1 is 0.972 bits per heavy atom. The van der Waals surface area contributed by atoms with Gasteiger partial charge in [0, 0.05) is 25.3 Å². The van der Waals surface area contributed by atoms with Crippen LogP contribution in [0.2, 0.25) is 0 Å². The zero-order chi connectivity index (χ0) is 25.9. The van der Waals surface area contributed by atoms with Gasteiger partial charge in [-0.25, -0.2) is 8.42 Å². The maximum atomic E-state index is 13.6. The van der Waals surface area contributed by atoms with Crippen LogP contribution in [0.3, 0.4) is 0 Å². The fourth-order valence-electron chi connectivity index (χ4n) is 4.28. The van der Waals surface area contributed by atoms with Crippen LogP contribution >= 0.6 is 0 Å². The highest BCUT2D eigenvalue weighted by Gasteiger charge is 2.37. The standard InChI is InChI=1S/C28H33N3O4S/c1-5-30(6-2)23-12-10-22(11-13-23)18-29-28(32)27-19-31(25-16-9-21(4)17-26(25)35-27)36(33,34)24-14-7-20(3)8-15-24/h7-17,27H,5-6,18-19H2,1-4H3,(H,29,32)/t27-/m1/s1. The Bertz CT molecular complexity index is 1320. The minimum Gasteiger partial charge on any atom is -0.476 e. The summed E-state index contributed by atoms with van der Waals surface area (Å²) in [4.78, 5) is 15.5. The number of ether oxygens (including phenoxy) is 1. The summed E-state index contributed by atoms with van der Waals surface area (Å²) in [5.74, 6) is 0.0137. The molecule has 190 valence electrons. The fraction of sp³-hybridized carbons (Fsp3) is 0.321. The van der Waals surface area contributed by atoms with E-state index in [1.807, 2.05) is 44.2 Å². The molecule has 8 heteroatoms. The summed E-state index contributed by atoms with van der Waals surface area (Å²) in [5, 5.41) is 2.91. The second-order valence-electron chi connectivity index (χ2n) is 8.98. The minimum atomic E-state index is -3.89. The monoisotopic (exact) mass is 507 g/mol. The molecule has 0 bridgehead atoms. The smallest absolute Gasteiger partial charge is 0.264 e. The number of carbonyl (C=O) groups excluding carboxylic acids is 1. The first kappa shape index (κ1) is 25.6. The summed E-state index contributed by atoms with van der Waals surface area (Å²) in [6.45, 7) is 10.1. The van der Waals surface area contributed by atoms with Crippen molar-refractivity contribution in [2.45, 2.75) is 45.2 Å². The van der Waals surface area contributed by atoms with Crippen molar-refractivity contribution in [2.75, 3.05) is 28.8 Å². The first-order valence-corrected chi connectivity index (χ1v) is 13.6. The van der Waals surface area contributed by atoms with Gasteiger partial charge >= 0.3 is 0 Å². The molecular weight excluding hydrogens is 474 g/mol. The van der Waals surface area contributed by atoms with E-state index in [0.717, 1.165) is 35.5 Å². The third kappa shape index (κ3) is 5.33. The van der Waals surface area contributed by atoms with Crippen molar-refractivity contribution >= 4 is 27.3 Å². The molecular formula is C28H33N3O4S. The molecule has 3 aromatic carbocycles. The lowest BCUT2D eigenvalue weighted by molar-refractivity contribution is -0.127. The summed E-state index contributed by atoms with van der Waals surface area (Å²) in [5.41, 5.74) is 4.40. The molecule has 0 spiro atoms. The first-order chi connectivity index (χ1) is 17.2. The Balaban J connectivity index is 1.53. The summed E-state index contributed by atoms with van der Waals surface area (Å²) in [6, 6.07) is 20.1. The van der Waals surface area contributed by atoms with Crippen molar-refractivity contribution in [2.24, 2.45) is 0 Å². The van der Waals surface area contributed by atoms with E-state index in [0.29, 0.717) is 18.0 Å².